The van der Waals surface area contributed by atoms with E-state index in [0.717, 1.165) is 0 Å². The molecule has 0 spiro atoms. The number of methoxy groups -OCH3 is 3. The lowest BCUT2D eigenvalue weighted by molar-refractivity contribution is -0.319. The summed E-state index contributed by atoms with van der Waals surface area (Å²) in [5.74, 6) is -5.62. The van der Waals surface area contributed by atoms with Crippen LogP contribution in [-0.4, -0.2) is 199 Å². The molecule has 460 valence electrons. The summed E-state index contributed by atoms with van der Waals surface area (Å²) in [5.41, 5.74) is -3.28. The van der Waals surface area contributed by atoms with Gasteiger partial charge in [-0.25, -0.2) is 0 Å². The van der Waals surface area contributed by atoms with E-state index in [0.29, 0.717) is 23.3 Å². The Morgan fingerprint density at radius 3 is 2.13 bits per heavy atom. The maximum absolute atomic E-state index is 15.4. The van der Waals surface area contributed by atoms with E-state index in [1.165, 1.54) is 50.4 Å². The minimum atomic E-state index is -1.52. The Morgan fingerprint density at radius 1 is 0.866 bits per heavy atom. The van der Waals surface area contributed by atoms with Crippen molar-refractivity contribution in [2.75, 3.05) is 61.4 Å². The molecule has 0 bridgehead atoms. The monoisotopic (exact) mass is 1210 g/mol. The Morgan fingerprint density at radius 2 is 1.52 bits per heavy atom. The third-order valence-electron chi connectivity index (χ3n) is 17.4. The van der Waals surface area contributed by atoms with Crippen molar-refractivity contribution in [2.45, 2.75) is 185 Å². The number of esters is 2. The van der Waals surface area contributed by atoms with Gasteiger partial charge in [-0.1, -0.05) is 50.9 Å². The van der Waals surface area contributed by atoms with Gasteiger partial charge in [-0.05, 0) is 93.1 Å². The van der Waals surface area contributed by atoms with Crippen LogP contribution in [0.4, 0.5) is 0 Å². The van der Waals surface area contributed by atoms with Gasteiger partial charge in [0.2, 0.25) is 5.91 Å². The Kier molecular flexibility index (Phi) is 23.2. The minimum Gasteiger partial charge on any atom is -0.493 e. The number of hydrogen-bond acceptors (Lipinski definition) is 20. The Bertz CT molecular complexity index is 2550. The molecule has 4 fully saturated rings. The fraction of sp³-hybridized carbons (Fsp3) is 0.729. The van der Waals surface area contributed by atoms with Crippen molar-refractivity contribution in [1.29, 1.82) is 0 Å². The minimum absolute atomic E-state index is 0.0360. The molecule has 4 saturated heterocycles. The fourth-order valence-electron chi connectivity index (χ4n) is 12.5. The first-order valence-electron chi connectivity index (χ1n) is 28.2. The second-order valence-corrected chi connectivity index (χ2v) is 25.6. The van der Waals surface area contributed by atoms with E-state index in [-0.39, 0.29) is 77.9 Å². The number of aliphatic hydroxyl groups is 2. The van der Waals surface area contributed by atoms with Gasteiger partial charge >= 0.3 is 11.9 Å². The topological polar surface area (TPSA) is 237 Å². The van der Waals surface area contributed by atoms with E-state index in [2.05, 4.69) is 4.98 Å². The molecule has 2 aromatic rings. The van der Waals surface area contributed by atoms with Gasteiger partial charge in [-0.3, -0.25) is 29.0 Å². The number of ether oxygens (including phenoxy) is 10. The number of carbonyl (C=O) groups excluding carboxylic acids is 5. The van der Waals surface area contributed by atoms with Crippen LogP contribution in [0.1, 0.15) is 111 Å². The Labute approximate surface area is 497 Å². The number of ketones is 2. The van der Waals surface area contributed by atoms with Gasteiger partial charge in [-0.2, -0.15) is 0 Å². The maximum atomic E-state index is 15.4. The number of rotatable bonds is 19. The number of aromatic nitrogens is 1. The number of aliphatic hydroxyl groups excluding tert-OH is 2. The fourth-order valence-corrected chi connectivity index (χ4v) is 14.3. The summed E-state index contributed by atoms with van der Waals surface area (Å²) in [6.07, 6.45) is -5.98. The number of likely N-dealkylation sites (N-methyl/N-ethyl adjacent to an activating group) is 2. The number of fused-ring (bicyclic) bond motifs is 1. The van der Waals surface area contributed by atoms with Crippen LogP contribution in [-0.2, 0) is 63.5 Å². The molecule has 1 aromatic heterocycles. The number of benzene rings is 1. The van der Waals surface area contributed by atoms with Gasteiger partial charge in [0.15, 0.2) is 35.5 Å². The van der Waals surface area contributed by atoms with Gasteiger partial charge in [0.25, 0.3) is 0 Å². The third kappa shape index (κ3) is 14.7. The smallest absolute Gasteiger partial charge is 0.320 e. The summed E-state index contributed by atoms with van der Waals surface area (Å²) >= 11 is 13.9. The highest BCUT2D eigenvalue weighted by Crippen LogP contribution is 2.50. The summed E-state index contributed by atoms with van der Waals surface area (Å²) in [4.78, 5) is 79.2. The predicted octanol–water partition coefficient (Wildman–Crippen LogP) is 7.03. The zero-order valence-corrected chi connectivity index (χ0v) is 52.6. The summed E-state index contributed by atoms with van der Waals surface area (Å²) in [6, 6.07) is 4.07. The van der Waals surface area contributed by atoms with Gasteiger partial charge in [0.1, 0.15) is 29.3 Å². The van der Waals surface area contributed by atoms with Crippen molar-refractivity contribution < 1.29 is 81.6 Å². The number of thioether (sulfide) groups is 1. The summed E-state index contributed by atoms with van der Waals surface area (Å²) in [7, 11) is 9.66. The van der Waals surface area contributed by atoms with Gasteiger partial charge in [-0.15, -0.1) is 11.8 Å². The molecule has 20 nitrogen and oxygen atoms in total. The second-order valence-electron chi connectivity index (χ2n) is 23.6. The number of cyclic esters (lactones) is 1. The third-order valence-corrected chi connectivity index (χ3v) is 19.3. The molecule has 0 radical (unpaired) electrons. The summed E-state index contributed by atoms with van der Waals surface area (Å²) in [5, 5.41) is 23.0. The Balaban J connectivity index is 1.36. The van der Waals surface area contributed by atoms with Crippen LogP contribution >= 0.6 is 35.0 Å². The second kappa shape index (κ2) is 28.2. The van der Waals surface area contributed by atoms with Crippen molar-refractivity contribution in [3.63, 3.8) is 0 Å². The summed E-state index contributed by atoms with van der Waals surface area (Å²) < 4.78 is 63.8. The first kappa shape index (κ1) is 67.4. The molecule has 23 heteroatoms. The lowest BCUT2D eigenvalue weighted by Gasteiger charge is -2.50. The lowest BCUT2D eigenvalue weighted by Crippen LogP contribution is -2.62. The van der Waals surface area contributed by atoms with Crippen LogP contribution in [0.25, 0.3) is 0 Å². The van der Waals surface area contributed by atoms with Crippen molar-refractivity contribution in [2.24, 2.45) is 29.6 Å². The van der Waals surface area contributed by atoms with E-state index < -0.39 is 125 Å². The van der Waals surface area contributed by atoms with Crippen LogP contribution in [0.5, 0.6) is 11.5 Å². The highest BCUT2D eigenvalue weighted by Gasteiger charge is 2.62. The Hall–Kier alpha value is -3.71. The van der Waals surface area contributed by atoms with Crippen LogP contribution in [0.3, 0.4) is 0 Å². The number of hydrogen-bond donors (Lipinski definition) is 2. The van der Waals surface area contributed by atoms with E-state index in [1.807, 2.05) is 20.8 Å². The largest absolute Gasteiger partial charge is 0.493 e. The SMILES string of the molecule is CC[C@H]1OC(=O)[C@H](C)[C@@H](O[C@H]2C[C@@](C)(OC)[C@@H](O)[C@H](C)O2)[C@H](C)[C@@H](O[C@@H]2O[C@H](C)C[C@H](N(C)C(=O)CN(C)C)[C@H]2O)[C@](C)(OC)C[C@@H](C)C(=O)[C@H](C)[C@H]2C(SCCOc3cc(C(=O)Cc4c(Cl)cncc4Cl)ccc3OC)C(=O)O[C@@]21C. The molecule has 1 aromatic carbocycles. The quantitative estimate of drug-likeness (QED) is 0.0815. The van der Waals surface area contributed by atoms with E-state index in [9.17, 15) is 24.6 Å². The highest BCUT2D eigenvalue weighted by atomic mass is 35.5. The number of pyridine rings is 1. The lowest BCUT2D eigenvalue weighted by atomic mass is 9.70. The van der Waals surface area contributed by atoms with Crippen LogP contribution in [0.15, 0.2) is 30.6 Å². The van der Waals surface area contributed by atoms with Gasteiger partial charge in [0.05, 0.1) is 77.9 Å². The number of amides is 1. The standard InChI is InChI=1S/C59H87Cl2N3O17S/c1-17-44-59(10)47(51(55(71)81-59)82-21-20-75-43-23-36(18-19-42(43)72-14)41(65)24-37-38(60)27-62-28-39(37)61)32(4)48(67)30(2)25-58(9,74-16)53(80-56-49(68)40(22-31(3)76-56)64(13)45(66)29-63(11)12)33(5)50(34(6)54(70)78-44)79-46-26-57(8,73-15)52(69)35(7)77-46/h18-19,23,27-28,30-35,40,44,46-47,49-53,56,68-69H,17,20-22,24-26,29H2,1-16H3/t30-,31-,32-,33+,34-,35+,40+,44-,46+,47+,49-,50+,51?,52+,53-,56+,57-,58-,59-/m1/s1. The normalized spacial score (nSPS) is 36.7. The van der Waals surface area contributed by atoms with Gasteiger partial charge < -0.3 is 67.4 Å². The van der Waals surface area contributed by atoms with E-state index in [1.54, 1.807) is 92.7 Å². The highest BCUT2D eigenvalue weighted by molar-refractivity contribution is 8.00. The molecular formula is C59H87Cl2N3O17S. The van der Waals surface area contributed by atoms with Crippen molar-refractivity contribution in [3.8, 4) is 11.5 Å². The molecular weight excluding hydrogens is 1130 g/mol. The first-order valence-corrected chi connectivity index (χ1v) is 30.0. The van der Waals surface area contributed by atoms with Crippen LogP contribution in [0.2, 0.25) is 10.0 Å². The molecule has 0 saturated carbocycles. The number of carbonyl (C=O) groups is 5. The zero-order chi connectivity index (χ0) is 60.9. The first-order chi connectivity index (χ1) is 38.5. The van der Waals surface area contributed by atoms with Crippen molar-refractivity contribution in [3.05, 3.63) is 51.8 Å². The molecule has 2 N–H and O–H groups in total. The predicted molar refractivity (Wildman–Crippen MR) is 307 cm³/mol. The molecule has 19 atom stereocenters. The molecule has 0 aliphatic carbocycles. The van der Waals surface area contributed by atoms with E-state index >= 15 is 9.59 Å². The number of Topliss-reactive ketones (excluding diaryl/α,β-unsaturated/α-hetero) is 2. The average Bonchev–Trinajstić information content (AvgIpc) is 2.33. The molecule has 1 unspecified atom stereocenters. The zero-order valence-electron chi connectivity index (χ0n) is 50.3. The molecule has 4 aliphatic heterocycles. The van der Waals surface area contributed by atoms with Crippen molar-refractivity contribution in [1.82, 2.24) is 14.8 Å². The average molecular weight is 1210 g/mol. The maximum Gasteiger partial charge on any atom is 0.320 e. The molecule has 4 aliphatic rings. The molecule has 6 rings (SSSR count). The molecule has 5 heterocycles. The number of nitrogens with zero attached hydrogens (tertiary/aromatic N) is 3. The van der Waals surface area contributed by atoms with Gasteiger partial charge in [0, 0.05) is 87.1 Å². The molecule has 82 heavy (non-hydrogen) atoms. The van der Waals surface area contributed by atoms with Crippen molar-refractivity contribution >= 4 is 64.4 Å². The van der Waals surface area contributed by atoms with Crippen LogP contribution in [0, 0.1) is 29.6 Å². The summed E-state index contributed by atoms with van der Waals surface area (Å²) in [6.45, 7) is 17.8. The van der Waals surface area contributed by atoms with Crippen LogP contribution < -0.4 is 9.47 Å². The molecule has 1 amide bonds. The van der Waals surface area contributed by atoms with E-state index in [4.69, 9.17) is 70.6 Å². The number of halogens is 2.